The van der Waals surface area contributed by atoms with Gasteiger partial charge in [-0.15, -0.1) is 0 Å². The van der Waals surface area contributed by atoms with E-state index in [4.69, 9.17) is 0 Å². The van der Waals surface area contributed by atoms with Crippen molar-refractivity contribution >= 4 is 17.7 Å². The molecule has 7 nitrogen and oxygen atoms in total. The molecule has 4 rings (SSSR count). The number of benzene rings is 1. The lowest BCUT2D eigenvalue weighted by Gasteiger charge is -2.29. The summed E-state index contributed by atoms with van der Waals surface area (Å²) in [7, 11) is 0. The summed E-state index contributed by atoms with van der Waals surface area (Å²) in [4.78, 5) is 38.0. The molecule has 1 aromatic rings. The highest BCUT2D eigenvalue weighted by atomic mass is 16.2. The zero-order valence-corrected chi connectivity index (χ0v) is 16.1. The molecule has 3 aliphatic rings. The number of nitrogens with one attached hydrogen (secondary N) is 3. The van der Waals surface area contributed by atoms with Crippen molar-refractivity contribution in [2.24, 2.45) is 0 Å². The minimum Gasteiger partial charge on any atom is -0.322 e. The predicted molar refractivity (Wildman–Crippen MR) is 104 cm³/mol. The first-order valence-corrected chi connectivity index (χ1v) is 10.3. The summed E-state index contributed by atoms with van der Waals surface area (Å²) in [6.45, 7) is 3.17. The highest BCUT2D eigenvalue weighted by molar-refractivity contribution is 6.05. The van der Waals surface area contributed by atoms with Gasteiger partial charge in [0.2, 0.25) is 11.8 Å². The molecule has 0 aromatic heterocycles. The van der Waals surface area contributed by atoms with Crippen LogP contribution in [-0.2, 0) is 22.7 Å². The Hall–Kier alpha value is -2.25. The molecular weight excluding hydrogens is 356 g/mol. The van der Waals surface area contributed by atoms with Gasteiger partial charge < -0.3 is 15.5 Å². The van der Waals surface area contributed by atoms with Gasteiger partial charge in [0.25, 0.3) is 5.91 Å². The van der Waals surface area contributed by atoms with Gasteiger partial charge in [0.05, 0.1) is 0 Å². The van der Waals surface area contributed by atoms with Gasteiger partial charge in [0, 0.05) is 37.7 Å². The van der Waals surface area contributed by atoms with Gasteiger partial charge in [-0.25, -0.2) is 0 Å². The molecule has 3 aliphatic heterocycles. The lowest BCUT2D eigenvalue weighted by Crippen LogP contribution is -2.52. The number of nitrogens with zero attached hydrogens (tertiary/aromatic N) is 1. The maximum Gasteiger partial charge on any atom is 0.255 e. The first-order valence-electron chi connectivity index (χ1n) is 10.3. The molecule has 0 spiro atoms. The molecule has 0 saturated carbocycles. The molecule has 2 atom stereocenters. The average Bonchev–Trinajstić information content (AvgIpc) is 2.85. The van der Waals surface area contributed by atoms with E-state index in [1.54, 1.807) is 4.90 Å². The van der Waals surface area contributed by atoms with Gasteiger partial charge in [-0.1, -0.05) is 25.0 Å². The van der Waals surface area contributed by atoms with Gasteiger partial charge in [-0.3, -0.25) is 19.7 Å². The van der Waals surface area contributed by atoms with Gasteiger partial charge >= 0.3 is 0 Å². The smallest absolute Gasteiger partial charge is 0.255 e. The van der Waals surface area contributed by atoms with E-state index in [-0.39, 0.29) is 24.1 Å². The molecule has 0 bridgehead atoms. The zero-order chi connectivity index (χ0) is 19.5. The SMILES string of the molecule is O=C1CCC(N2Cc3ccc(CNCC4CCCCCN4)cc3C2=O)C(=O)N1. The topological polar surface area (TPSA) is 90.5 Å². The van der Waals surface area contributed by atoms with Crippen molar-refractivity contribution in [3.63, 3.8) is 0 Å². The maximum atomic E-state index is 12.9. The first-order chi connectivity index (χ1) is 13.6. The van der Waals surface area contributed by atoms with Crippen LogP contribution in [0.15, 0.2) is 18.2 Å². The number of piperidine rings is 1. The predicted octanol–water partition coefficient (Wildman–Crippen LogP) is 1.07. The Morgan fingerprint density at radius 2 is 2.00 bits per heavy atom. The monoisotopic (exact) mass is 384 g/mol. The van der Waals surface area contributed by atoms with E-state index in [2.05, 4.69) is 16.0 Å². The summed E-state index contributed by atoms with van der Waals surface area (Å²) in [6, 6.07) is 5.94. The number of imide groups is 1. The van der Waals surface area contributed by atoms with Crippen LogP contribution in [-0.4, -0.2) is 47.8 Å². The third kappa shape index (κ3) is 4.10. The second-order valence-corrected chi connectivity index (χ2v) is 8.02. The first kappa shape index (κ1) is 19.1. The fourth-order valence-corrected chi connectivity index (χ4v) is 4.38. The molecule has 28 heavy (non-hydrogen) atoms. The number of rotatable bonds is 5. The van der Waals surface area contributed by atoms with Crippen LogP contribution in [0.2, 0.25) is 0 Å². The average molecular weight is 384 g/mol. The number of carbonyl (C=O) groups is 3. The number of hydrogen-bond acceptors (Lipinski definition) is 5. The molecule has 2 saturated heterocycles. The van der Waals surface area contributed by atoms with Crippen molar-refractivity contribution in [3.8, 4) is 0 Å². The van der Waals surface area contributed by atoms with Crippen LogP contribution in [0, 0.1) is 0 Å². The summed E-state index contributed by atoms with van der Waals surface area (Å²) in [6.07, 6.45) is 5.72. The summed E-state index contributed by atoms with van der Waals surface area (Å²) >= 11 is 0. The van der Waals surface area contributed by atoms with E-state index in [9.17, 15) is 14.4 Å². The quantitative estimate of drug-likeness (QED) is 0.661. The van der Waals surface area contributed by atoms with Gasteiger partial charge in [-0.05, 0) is 43.0 Å². The van der Waals surface area contributed by atoms with Crippen LogP contribution in [0.5, 0.6) is 0 Å². The molecular formula is C21H28N4O3. The normalized spacial score (nSPS) is 25.4. The van der Waals surface area contributed by atoms with E-state index in [0.29, 0.717) is 24.6 Å². The fraction of sp³-hybridized carbons (Fsp3) is 0.571. The number of hydrogen-bond donors (Lipinski definition) is 3. The Bertz CT molecular complexity index is 771. The molecule has 3 heterocycles. The molecule has 0 aliphatic carbocycles. The third-order valence-electron chi connectivity index (χ3n) is 5.97. The van der Waals surface area contributed by atoms with Crippen LogP contribution in [0.3, 0.4) is 0 Å². The van der Waals surface area contributed by atoms with E-state index in [0.717, 1.165) is 30.8 Å². The van der Waals surface area contributed by atoms with E-state index < -0.39 is 6.04 Å². The minimum atomic E-state index is -0.555. The van der Waals surface area contributed by atoms with Gasteiger partial charge in [0.1, 0.15) is 6.04 Å². The molecule has 2 fully saturated rings. The summed E-state index contributed by atoms with van der Waals surface area (Å²) in [5.74, 6) is -0.742. The fourth-order valence-electron chi connectivity index (χ4n) is 4.38. The van der Waals surface area contributed by atoms with Crippen molar-refractivity contribution in [2.45, 2.75) is 63.7 Å². The Balaban J connectivity index is 1.36. The highest BCUT2D eigenvalue weighted by Gasteiger charge is 2.39. The second kappa shape index (κ2) is 8.41. The second-order valence-electron chi connectivity index (χ2n) is 8.02. The van der Waals surface area contributed by atoms with Crippen LogP contribution in [0.25, 0.3) is 0 Å². The Morgan fingerprint density at radius 1 is 1.11 bits per heavy atom. The third-order valence-corrected chi connectivity index (χ3v) is 5.97. The number of carbonyl (C=O) groups excluding carboxylic acids is 3. The molecule has 3 N–H and O–H groups in total. The van der Waals surface area contributed by atoms with E-state index in [1.165, 1.54) is 25.7 Å². The van der Waals surface area contributed by atoms with Crippen LogP contribution >= 0.6 is 0 Å². The standard InChI is InChI=1S/C21H28N4O3/c26-19-8-7-18(20(27)24-19)25-13-15-6-5-14(10-17(15)21(25)28)11-22-12-16-4-2-1-3-9-23-16/h5-6,10,16,18,22-23H,1-4,7-9,11-13H2,(H,24,26,27). The van der Waals surface area contributed by atoms with Crippen LogP contribution in [0.1, 0.15) is 60.0 Å². The van der Waals surface area contributed by atoms with Crippen molar-refractivity contribution < 1.29 is 14.4 Å². The molecule has 7 heteroatoms. The molecule has 2 unspecified atom stereocenters. The largest absolute Gasteiger partial charge is 0.322 e. The van der Waals surface area contributed by atoms with Crippen LogP contribution in [0.4, 0.5) is 0 Å². The van der Waals surface area contributed by atoms with Gasteiger partial charge in [-0.2, -0.15) is 0 Å². The van der Waals surface area contributed by atoms with E-state index in [1.807, 2.05) is 18.2 Å². The van der Waals surface area contributed by atoms with Gasteiger partial charge in [0.15, 0.2) is 0 Å². The summed E-state index contributed by atoms with van der Waals surface area (Å²) in [5.41, 5.74) is 2.70. The van der Waals surface area contributed by atoms with Crippen molar-refractivity contribution in [3.05, 3.63) is 34.9 Å². The highest BCUT2D eigenvalue weighted by Crippen LogP contribution is 2.28. The maximum absolute atomic E-state index is 12.9. The number of fused-ring (bicyclic) bond motifs is 1. The zero-order valence-electron chi connectivity index (χ0n) is 16.1. The Kier molecular flexibility index (Phi) is 5.73. The summed E-state index contributed by atoms with van der Waals surface area (Å²) in [5, 5.41) is 9.42. The number of amides is 3. The lowest BCUT2D eigenvalue weighted by atomic mass is 10.0. The van der Waals surface area contributed by atoms with Crippen molar-refractivity contribution in [2.75, 3.05) is 13.1 Å². The Morgan fingerprint density at radius 3 is 2.86 bits per heavy atom. The van der Waals surface area contributed by atoms with Crippen LogP contribution < -0.4 is 16.0 Å². The molecule has 0 radical (unpaired) electrons. The van der Waals surface area contributed by atoms with Crippen molar-refractivity contribution in [1.82, 2.24) is 20.9 Å². The van der Waals surface area contributed by atoms with Crippen molar-refractivity contribution in [1.29, 1.82) is 0 Å². The van der Waals surface area contributed by atoms with E-state index >= 15 is 0 Å². The summed E-state index contributed by atoms with van der Waals surface area (Å²) < 4.78 is 0. The lowest BCUT2D eigenvalue weighted by molar-refractivity contribution is -0.136. The minimum absolute atomic E-state index is 0.114. The Labute approximate surface area is 165 Å². The molecule has 150 valence electrons. The molecule has 3 amide bonds. The molecule has 1 aromatic carbocycles.